The van der Waals surface area contributed by atoms with Crippen LogP contribution in [0.3, 0.4) is 0 Å². The second kappa shape index (κ2) is 7.58. The van der Waals surface area contributed by atoms with Gasteiger partial charge in [-0.25, -0.2) is 10.2 Å². The van der Waals surface area contributed by atoms with Gasteiger partial charge >= 0.3 is 0 Å². The van der Waals surface area contributed by atoms with Crippen LogP contribution in [0.2, 0.25) is 5.02 Å². The highest BCUT2D eigenvalue weighted by Crippen LogP contribution is 2.41. The van der Waals surface area contributed by atoms with Crippen molar-refractivity contribution in [2.45, 2.75) is 16.7 Å². The van der Waals surface area contributed by atoms with Crippen molar-refractivity contribution >= 4 is 50.9 Å². The van der Waals surface area contributed by atoms with E-state index in [1.54, 1.807) is 31.0 Å². The largest absolute Gasteiger partial charge is 0.595 e. The number of nitrogens with one attached hydrogen (secondary N) is 1. The Morgan fingerprint density at radius 1 is 1.04 bits per heavy atom. The summed E-state index contributed by atoms with van der Waals surface area (Å²) in [7, 11) is 1.64. The van der Waals surface area contributed by atoms with E-state index < -0.39 is 5.23 Å². The van der Waals surface area contributed by atoms with E-state index in [0.29, 0.717) is 5.02 Å². The Bertz CT molecular complexity index is 1200. The summed E-state index contributed by atoms with van der Waals surface area (Å²) in [5, 5.41) is 22.1. The minimum atomic E-state index is -0.932. The molecule has 1 unspecified atom stereocenters. The van der Waals surface area contributed by atoms with Crippen molar-refractivity contribution in [3.63, 3.8) is 0 Å². The molecule has 7 heteroatoms. The number of quaternary nitrogens is 1. The minimum Gasteiger partial charge on any atom is -0.595 e. The molecule has 0 amide bonds. The summed E-state index contributed by atoms with van der Waals surface area (Å²) in [5.74, 6) is 0.752. The number of hydrogen-bond donors (Lipinski definition) is 2. The van der Waals surface area contributed by atoms with Crippen LogP contribution in [-0.2, 0) is 0 Å². The Balaban J connectivity index is 1.94. The molecule has 0 saturated heterocycles. The summed E-state index contributed by atoms with van der Waals surface area (Å²) in [5.41, 5.74) is 2.84. The van der Waals surface area contributed by atoms with Crippen LogP contribution in [0.25, 0.3) is 21.8 Å². The van der Waals surface area contributed by atoms with Crippen molar-refractivity contribution in [2.75, 3.05) is 7.11 Å². The number of hydrogen-bond acceptors (Lipinski definition) is 5. The molecule has 2 N–H and O–H groups in total. The Morgan fingerprint density at radius 3 is 2.57 bits per heavy atom. The van der Waals surface area contributed by atoms with Crippen LogP contribution < -0.4 is 9.96 Å². The molecular weight excluding hydrogens is 396 g/mol. The van der Waals surface area contributed by atoms with Gasteiger partial charge in [0.1, 0.15) is 5.75 Å². The number of benzene rings is 3. The highest BCUT2D eigenvalue weighted by Gasteiger charge is 2.14. The molecule has 0 aliphatic rings. The van der Waals surface area contributed by atoms with Crippen molar-refractivity contribution < 1.29 is 15.2 Å². The van der Waals surface area contributed by atoms with Crippen LogP contribution in [0.15, 0.2) is 64.4 Å². The highest BCUT2D eigenvalue weighted by molar-refractivity contribution is 7.99. The minimum absolute atomic E-state index is 0.278. The van der Waals surface area contributed by atoms with E-state index in [1.165, 1.54) is 0 Å². The maximum absolute atomic E-state index is 11.2. The van der Waals surface area contributed by atoms with Gasteiger partial charge in [0.25, 0.3) is 0 Å². The molecule has 0 spiro atoms. The average Bonchev–Trinajstić information content (AvgIpc) is 2.68. The maximum Gasteiger partial charge on any atom is 0.164 e. The lowest BCUT2D eigenvalue weighted by Crippen LogP contribution is -2.99. The van der Waals surface area contributed by atoms with Crippen LogP contribution in [0.1, 0.15) is 5.56 Å². The fraction of sp³-hybridized carbons (Fsp3) is 0.0952. The third-order valence-electron chi connectivity index (χ3n) is 4.53. The van der Waals surface area contributed by atoms with Crippen molar-refractivity contribution in [1.82, 2.24) is 4.98 Å². The predicted molar refractivity (Wildman–Crippen MR) is 112 cm³/mol. The molecule has 0 radical (unpaired) electrons. The summed E-state index contributed by atoms with van der Waals surface area (Å²) in [4.78, 5) is 6.76. The lowest BCUT2D eigenvalue weighted by atomic mass is 10.1. The number of ether oxygens (including phenoxy) is 1. The van der Waals surface area contributed by atoms with Crippen LogP contribution in [0.5, 0.6) is 5.75 Å². The van der Waals surface area contributed by atoms with Crippen LogP contribution in [-0.4, -0.2) is 17.3 Å². The van der Waals surface area contributed by atoms with Gasteiger partial charge in [-0.2, -0.15) is 5.23 Å². The molecule has 0 fully saturated rings. The third kappa shape index (κ3) is 3.53. The number of pyridine rings is 1. The Labute approximate surface area is 171 Å². The topological polar surface area (TPSA) is 69.9 Å². The molecule has 28 heavy (non-hydrogen) atoms. The van der Waals surface area contributed by atoms with Gasteiger partial charge in [0.15, 0.2) is 5.69 Å². The van der Waals surface area contributed by atoms with Crippen LogP contribution in [0.4, 0.5) is 5.69 Å². The molecule has 1 atom stereocenters. The van der Waals surface area contributed by atoms with Crippen molar-refractivity contribution in [1.29, 1.82) is 0 Å². The SMILES string of the molecule is COc1ccc2nc3cc(Cl)ccc3c(Sc3ccc([NH+]([O-])O)cc3C)c2c1. The van der Waals surface area contributed by atoms with E-state index in [9.17, 15) is 10.4 Å². The number of fused-ring (bicyclic) bond motifs is 2. The number of nitrogens with zero attached hydrogens (tertiary/aromatic N) is 1. The van der Waals surface area contributed by atoms with Gasteiger partial charge in [-0.1, -0.05) is 29.4 Å². The van der Waals surface area contributed by atoms with E-state index in [1.807, 2.05) is 49.4 Å². The molecule has 0 bridgehead atoms. The first-order valence-electron chi connectivity index (χ1n) is 8.55. The first-order valence-corrected chi connectivity index (χ1v) is 9.74. The number of rotatable bonds is 4. The normalized spacial score (nSPS) is 12.5. The van der Waals surface area contributed by atoms with Crippen LogP contribution >= 0.6 is 23.4 Å². The Kier molecular flexibility index (Phi) is 5.14. The molecule has 4 aromatic rings. The van der Waals surface area contributed by atoms with Crippen molar-refractivity contribution in [2.24, 2.45) is 0 Å². The molecule has 1 aromatic heterocycles. The molecule has 0 aliphatic heterocycles. The van der Waals surface area contributed by atoms with Gasteiger partial charge < -0.3 is 9.94 Å². The second-order valence-corrected chi connectivity index (χ2v) is 7.86. The van der Waals surface area contributed by atoms with E-state index in [2.05, 4.69) is 0 Å². The summed E-state index contributed by atoms with van der Waals surface area (Å²) in [6.45, 7) is 1.91. The molecule has 142 valence electrons. The molecule has 0 aliphatic carbocycles. The van der Waals surface area contributed by atoms with Crippen molar-refractivity contribution in [3.8, 4) is 5.75 Å². The Hall–Kier alpha value is -2.35. The summed E-state index contributed by atoms with van der Waals surface area (Å²) in [6.07, 6.45) is 0. The van der Waals surface area contributed by atoms with E-state index in [4.69, 9.17) is 21.3 Å². The number of aryl methyl sites for hydroxylation is 1. The van der Waals surface area contributed by atoms with E-state index >= 15 is 0 Å². The van der Waals surface area contributed by atoms with Gasteiger partial charge in [-0.15, -0.1) is 0 Å². The van der Waals surface area contributed by atoms with Crippen molar-refractivity contribution in [3.05, 3.63) is 70.4 Å². The van der Waals surface area contributed by atoms with Gasteiger partial charge in [0.2, 0.25) is 0 Å². The Morgan fingerprint density at radius 2 is 1.86 bits per heavy atom. The zero-order chi connectivity index (χ0) is 19.8. The van der Waals surface area contributed by atoms with Crippen LogP contribution in [0, 0.1) is 12.1 Å². The first kappa shape index (κ1) is 19.0. The molecule has 1 heterocycles. The molecule has 5 nitrogen and oxygen atoms in total. The zero-order valence-corrected chi connectivity index (χ0v) is 16.8. The van der Waals surface area contributed by atoms with E-state index in [0.717, 1.165) is 42.9 Å². The highest BCUT2D eigenvalue weighted by atomic mass is 35.5. The average molecular weight is 413 g/mol. The predicted octanol–water partition coefficient (Wildman–Crippen LogP) is 4.91. The first-order chi connectivity index (χ1) is 13.5. The zero-order valence-electron chi connectivity index (χ0n) is 15.2. The quantitative estimate of drug-likeness (QED) is 0.368. The van der Waals surface area contributed by atoms with Gasteiger partial charge in [-0.3, -0.25) is 0 Å². The van der Waals surface area contributed by atoms with Gasteiger partial charge in [0, 0.05) is 37.7 Å². The number of methoxy groups -OCH3 is 1. The van der Waals surface area contributed by atoms with E-state index in [-0.39, 0.29) is 5.69 Å². The summed E-state index contributed by atoms with van der Waals surface area (Å²) in [6, 6.07) is 16.6. The maximum atomic E-state index is 11.2. The lowest BCUT2D eigenvalue weighted by Gasteiger charge is -2.15. The summed E-state index contributed by atoms with van der Waals surface area (Å²) < 4.78 is 5.40. The fourth-order valence-electron chi connectivity index (χ4n) is 3.10. The number of aromatic nitrogens is 1. The smallest absolute Gasteiger partial charge is 0.164 e. The second-order valence-electron chi connectivity index (χ2n) is 6.37. The van der Waals surface area contributed by atoms with Gasteiger partial charge in [0.05, 0.1) is 18.1 Å². The van der Waals surface area contributed by atoms with Gasteiger partial charge in [-0.05, 0) is 48.9 Å². The third-order valence-corrected chi connectivity index (χ3v) is 6.08. The monoisotopic (exact) mass is 412 g/mol. The lowest BCUT2D eigenvalue weighted by molar-refractivity contribution is -0.991. The molecule has 4 rings (SSSR count). The molecule has 0 saturated carbocycles. The fourth-order valence-corrected chi connectivity index (χ4v) is 4.40. The molecular formula is C21H17ClN2O3S. The number of halogens is 1. The molecule has 3 aromatic carbocycles. The standard InChI is InChI=1S/C21H17ClN2O3S/c1-12-9-14(24(25)26)4-8-20(12)28-21-16-6-3-13(22)10-19(16)23-18-7-5-15(27-2)11-17(18)21/h3-11,24-25H,1-2H3. The summed E-state index contributed by atoms with van der Waals surface area (Å²) >= 11 is 7.77.